The first-order valence-electron chi connectivity index (χ1n) is 7.78. The highest BCUT2D eigenvalue weighted by Gasteiger charge is 2.14. The minimum atomic E-state index is -0.365. The van der Waals surface area contributed by atoms with Gasteiger partial charge in [0.15, 0.2) is 0 Å². The molecule has 116 valence electrons. The molecule has 0 aromatic carbocycles. The van der Waals surface area contributed by atoms with Crippen molar-refractivity contribution in [3.05, 3.63) is 0 Å². The number of carbonyl (C=O) groups is 2. The molecule has 1 saturated carbocycles. The summed E-state index contributed by atoms with van der Waals surface area (Å²) in [6, 6.07) is 0. The lowest BCUT2D eigenvalue weighted by molar-refractivity contribution is -0.143. The Balaban J connectivity index is 1.93. The Hall–Kier alpha value is -1.26. The molecule has 0 heterocycles. The van der Waals surface area contributed by atoms with E-state index in [0.717, 1.165) is 6.42 Å². The molecule has 1 aliphatic rings. The van der Waals surface area contributed by atoms with Gasteiger partial charge in [-0.15, -0.1) is 0 Å². The SMILES string of the molecule is CCCC(=O)OCCCOC(=O)NCC1CCCCC1. The lowest BCUT2D eigenvalue weighted by atomic mass is 9.89. The van der Waals surface area contributed by atoms with E-state index in [2.05, 4.69) is 5.32 Å². The molecule has 1 fully saturated rings. The van der Waals surface area contributed by atoms with Gasteiger partial charge in [0, 0.05) is 19.4 Å². The third kappa shape index (κ3) is 8.02. The largest absolute Gasteiger partial charge is 0.466 e. The number of hydrogen-bond donors (Lipinski definition) is 1. The zero-order valence-electron chi connectivity index (χ0n) is 12.5. The van der Waals surface area contributed by atoms with Crippen LogP contribution in [0.15, 0.2) is 0 Å². The Labute approximate surface area is 121 Å². The average molecular weight is 285 g/mol. The summed E-state index contributed by atoms with van der Waals surface area (Å²) in [6.07, 6.45) is 7.68. The topological polar surface area (TPSA) is 64.6 Å². The van der Waals surface area contributed by atoms with E-state index in [1.54, 1.807) is 0 Å². The summed E-state index contributed by atoms with van der Waals surface area (Å²) in [7, 11) is 0. The number of alkyl carbamates (subject to hydrolysis) is 1. The van der Waals surface area contributed by atoms with Gasteiger partial charge in [-0.3, -0.25) is 4.79 Å². The molecule has 0 saturated heterocycles. The van der Waals surface area contributed by atoms with E-state index in [4.69, 9.17) is 9.47 Å². The molecule has 1 amide bonds. The highest BCUT2D eigenvalue weighted by Crippen LogP contribution is 2.22. The number of nitrogens with one attached hydrogen (secondary N) is 1. The van der Waals surface area contributed by atoms with Crippen LogP contribution in [0.1, 0.15) is 58.3 Å². The summed E-state index contributed by atoms with van der Waals surface area (Å²) < 4.78 is 10.0. The second-order valence-corrected chi connectivity index (χ2v) is 5.34. The highest BCUT2D eigenvalue weighted by molar-refractivity contribution is 5.69. The van der Waals surface area contributed by atoms with Gasteiger partial charge in [-0.05, 0) is 25.2 Å². The number of amides is 1. The van der Waals surface area contributed by atoms with E-state index in [-0.39, 0.29) is 18.7 Å². The molecule has 1 aliphatic carbocycles. The van der Waals surface area contributed by atoms with Crippen LogP contribution in [0.5, 0.6) is 0 Å². The Morgan fingerprint density at radius 3 is 2.50 bits per heavy atom. The molecule has 0 aliphatic heterocycles. The third-order valence-electron chi connectivity index (χ3n) is 3.50. The monoisotopic (exact) mass is 285 g/mol. The first-order valence-corrected chi connectivity index (χ1v) is 7.78. The maximum Gasteiger partial charge on any atom is 0.407 e. The van der Waals surface area contributed by atoms with Crippen molar-refractivity contribution in [1.82, 2.24) is 5.32 Å². The molecular weight excluding hydrogens is 258 g/mol. The second kappa shape index (κ2) is 10.5. The minimum Gasteiger partial charge on any atom is -0.466 e. The normalized spacial score (nSPS) is 15.7. The van der Waals surface area contributed by atoms with Gasteiger partial charge in [-0.2, -0.15) is 0 Å². The standard InChI is InChI=1S/C15H27NO4/c1-2-7-14(17)19-10-6-11-20-15(18)16-12-13-8-4-3-5-9-13/h13H,2-12H2,1H3,(H,16,18). The number of rotatable bonds is 8. The summed E-state index contributed by atoms with van der Waals surface area (Å²) in [5.74, 6) is 0.417. The van der Waals surface area contributed by atoms with E-state index in [1.807, 2.05) is 6.92 Å². The lowest BCUT2D eigenvalue weighted by Crippen LogP contribution is -2.31. The fraction of sp³-hybridized carbons (Fsp3) is 0.867. The summed E-state index contributed by atoms with van der Waals surface area (Å²) in [6.45, 7) is 3.25. The molecule has 0 aromatic rings. The van der Waals surface area contributed by atoms with Crippen LogP contribution in [-0.4, -0.2) is 31.8 Å². The Bertz CT molecular complexity index is 288. The summed E-state index contributed by atoms with van der Waals surface area (Å²) in [4.78, 5) is 22.5. The molecule has 0 aromatic heterocycles. The molecule has 1 N–H and O–H groups in total. The van der Waals surface area contributed by atoms with Crippen LogP contribution >= 0.6 is 0 Å². The van der Waals surface area contributed by atoms with Crippen molar-refractivity contribution in [3.8, 4) is 0 Å². The van der Waals surface area contributed by atoms with Gasteiger partial charge in [0.1, 0.15) is 0 Å². The molecule has 0 bridgehead atoms. The Morgan fingerprint density at radius 1 is 1.10 bits per heavy atom. The molecule has 0 radical (unpaired) electrons. The van der Waals surface area contributed by atoms with Crippen molar-refractivity contribution in [2.75, 3.05) is 19.8 Å². The number of ether oxygens (including phenoxy) is 2. The molecule has 0 spiro atoms. The molecule has 0 unspecified atom stereocenters. The molecule has 5 heteroatoms. The summed E-state index contributed by atoms with van der Waals surface area (Å²) in [5, 5.41) is 2.80. The molecule has 5 nitrogen and oxygen atoms in total. The number of hydrogen-bond acceptors (Lipinski definition) is 4. The van der Waals surface area contributed by atoms with Crippen LogP contribution in [0.25, 0.3) is 0 Å². The Morgan fingerprint density at radius 2 is 1.80 bits per heavy atom. The minimum absolute atomic E-state index is 0.186. The number of esters is 1. The highest BCUT2D eigenvalue weighted by atomic mass is 16.6. The van der Waals surface area contributed by atoms with Gasteiger partial charge in [0.2, 0.25) is 0 Å². The lowest BCUT2D eigenvalue weighted by Gasteiger charge is -2.21. The van der Waals surface area contributed by atoms with Crippen LogP contribution in [0.2, 0.25) is 0 Å². The van der Waals surface area contributed by atoms with Gasteiger partial charge in [0.25, 0.3) is 0 Å². The van der Waals surface area contributed by atoms with Gasteiger partial charge < -0.3 is 14.8 Å². The maximum absolute atomic E-state index is 11.4. The van der Waals surface area contributed by atoms with Gasteiger partial charge >= 0.3 is 12.1 Å². The van der Waals surface area contributed by atoms with Crippen LogP contribution in [0, 0.1) is 5.92 Å². The van der Waals surface area contributed by atoms with Crippen molar-refractivity contribution < 1.29 is 19.1 Å². The van der Waals surface area contributed by atoms with Crippen LogP contribution < -0.4 is 5.32 Å². The molecule has 1 rings (SSSR count). The fourth-order valence-electron chi connectivity index (χ4n) is 2.36. The van der Waals surface area contributed by atoms with Crippen LogP contribution in [0.4, 0.5) is 4.79 Å². The predicted octanol–water partition coefficient (Wildman–Crippen LogP) is 3.03. The van der Waals surface area contributed by atoms with E-state index in [9.17, 15) is 9.59 Å². The third-order valence-corrected chi connectivity index (χ3v) is 3.50. The van der Waals surface area contributed by atoms with Crippen LogP contribution in [0.3, 0.4) is 0 Å². The Kier molecular flexibility index (Phi) is 8.83. The molecule has 0 atom stereocenters. The molecule has 20 heavy (non-hydrogen) atoms. The second-order valence-electron chi connectivity index (χ2n) is 5.34. The summed E-state index contributed by atoms with van der Waals surface area (Å²) >= 11 is 0. The zero-order chi connectivity index (χ0) is 14.6. The number of carbonyl (C=O) groups excluding carboxylic acids is 2. The van der Waals surface area contributed by atoms with Crippen molar-refractivity contribution in [2.45, 2.75) is 58.3 Å². The van der Waals surface area contributed by atoms with Gasteiger partial charge in [-0.1, -0.05) is 26.2 Å². The van der Waals surface area contributed by atoms with Crippen molar-refractivity contribution in [2.24, 2.45) is 5.92 Å². The van der Waals surface area contributed by atoms with Gasteiger partial charge in [0.05, 0.1) is 13.2 Å². The fourth-order valence-corrected chi connectivity index (χ4v) is 2.36. The smallest absolute Gasteiger partial charge is 0.407 e. The average Bonchev–Trinajstić information content (AvgIpc) is 2.46. The van der Waals surface area contributed by atoms with Gasteiger partial charge in [-0.25, -0.2) is 4.79 Å². The van der Waals surface area contributed by atoms with E-state index < -0.39 is 0 Å². The predicted molar refractivity (Wildman–Crippen MR) is 76.4 cm³/mol. The first kappa shape index (κ1) is 16.8. The maximum atomic E-state index is 11.4. The zero-order valence-corrected chi connectivity index (χ0v) is 12.5. The van der Waals surface area contributed by atoms with Crippen molar-refractivity contribution >= 4 is 12.1 Å². The van der Waals surface area contributed by atoms with E-state index in [1.165, 1.54) is 32.1 Å². The van der Waals surface area contributed by atoms with E-state index in [0.29, 0.717) is 31.9 Å². The van der Waals surface area contributed by atoms with Crippen molar-refractivity contribution in [3.63, 3.8) is 0 Å². The van der Waals surface area contributed by atoms with Crippen molar-refractivity contribution in [1.29, 1.82) is 0 Å². The van der Waals surface area contributed by atoms with E-state index >= 15 is 0 Å². The molecular formula is C15H27NO4. The first-order chi connectivity index (χ1) is 9.72. The quantitative estimate of drug-likeness (QED) is 0.550. The van der Waals surface area contributed by atoms with Crippen LogP contribution in [-0.2, 0) is 14.3 Å². The summed E-state index contributed by atoms with van der Waals surface area (Å²) in [5.41, 5.74) is 0.